The first kappa shape index (κ1) is 22.3. The quantitative estimate of drug-likeness (QED) is 0.710. The molecule has 2 aromatic carbocycles. The average Bonchev–Trinajstić information content (AvgIpc) is 3.14. The SMILES string of the molecule is CC(C)C(=O)N1CCN(C(=O)c2cccc(S(=O)(=O)N3c4ccccc4CC3C)c2)CC1. The number of carbonyl (C=O) groups is 2. The van der Waals surface area contributed by atoms with Gasteiger partial charge in [0.1, 0.15) is 0 Å². The Kier molecular flexibility index (Phi) is 5.99. The van der Waals surface area contributed by atoms with Crippen molar-refractivity contribution >= 4 is 27.5 Å². The van der Waals surface area contributed by atoms with Gasteiger partial charge in [-0.15, -0.1) is 0 Å². The molecule has 170 valence electrons. The van der Waals surface area contributed by atoms with Crippen molar-refractivity contribution < 1.29 is 18.0 Å². The Morgan fingerprint density at radius 3 is 2.28 bits per heavy atom. The molecule has 0 saturated carbocycles. The van der Waals surface area contributed by atoms with Crippen molar-refractivity contribution in [1.82, 2.24) is 9.80 Å². The van der Waals surface area contributed by atoms with Gasteiger partial charge in [0.25, 0.3) is 15.9 Å². The Morgan fingerprint density at radius 1 is 0.938 bits per heavy atom. The molecule has 2 aliphatic rings. The highest BCUT2D eigenvalue weighted by Gasteiger charge is 2.36. The highest BCUT2D eigenvalue weighted by molar-refractivity contribution is 7.92. The first-order valence-electron chi connectivity index (χ1n) is 11.0. The summed E-state index contributed by atoms with van der Waals surface area (Å²) in [6, 6.07) is 13.6. The van der Waals surface area contributed by atoms with Crippen molar-refractivity contribution in [3.8, 4) is 0 Å². The number of hydrogen-bond acceptors (Lipinski definition) is 4. The monoisotopic (exact) mass is 455 g/mol. The number of sulfonamides is 1. The van der Waals surface area contributed by atoms with Crippen molar-refractivity contribution in [2.45, 2.75) is 38.1 Å². The van der Waals surface area contributed by atoms with Gasteiger partial charge in [-0.05, 0) is 43.2 Å². The van der Waals surface area contributed by atoms with Crippen molar-refractivity contribution in [1.29, 1.82) is 0 Å². The number of anilines is 1. The van der Waals surface area contributed by atoms with E-state index in [0.29, 0.717) is 43.9 Å². The van der Waals surface area contributed by atoms with Crippen LogP contribution in [0.1, 0.15) is 36.7 Å². The Labute approximate surface area is 189 Å². The van der Waals surface area contributed by atoms with E-state index >= 15 is 0 Å². The van der Waals surface area contributed by atoms with Gasteiger partial charge in [0.2, 0.25) is 5.91 Å². The summed E-state index contributed by atoms with van der Waals surface area (Å²) in [6.45, 7) is 7.47. The highest BCUT2D eigenvalue weighted by atomic mass is 32.2. The average molecular weight is 456 g/mol. The molecule has 0 bridgehead atoms. The third-order valence-corrected chi connectivity index (χ3v) is 8.08. The van der Waals surface area contributed by atoms with Gasteiger partial charge in [0.05, 0.1) is 10.6 Å². The van der Waals surface area contributed by atoms with E-state index in [1.165, 1.54) is 10.4 Å². The molecule has 1 unspecified atom stereocenters. The molecule has 1 atom stereocenters. The van der Waals surface area contributed by atoms with E-state index in [2.05, 4.69) is 0 Å². The summed E-state index contributed by atoms with van der Waals surface area (Å²) in [7, 11) is -3.81. The molecule has 0 aliphatic carbocycles. The van der Waals surface area contributed by atoms with Crippen molar-refractivity contribution in [2.24, 2.45) is 5.92 Å². The van der Waals surface area contributed by atoms with Crippen molar-refractivity contribution in [3.63, 3.8) is 0 Å². The van der Waals surface area contributed by atoms with Crippen LogP contribution in [-0.4, -0.2) is 62.3 Å². The lowest BCUT2D eigenvalue weighted by molar-refractivity contribution is -0.135. The molecule has 1 saturated heterocycles. The summed E-state index contributed by atoms with van der Waals surface area (Å²) < 4.78 is 28.5. The van der Waals surface area contributed by atoms with Crippen LogP contribution in [-0.2, 0) is 21.2 Å². The normalized spacial score (nSPS) is 18.8. The molecule has 2 heterocycles. The van der Waals surface area contributed by atoms with E-state index in [9.17, 15) is 18.0 Å². The zero-order chi connectivity index (χ0) is 23.0. The van der Waals surface area contributed by atoms with E-state index in [0.717, 1.165) is 5.56 Å². The van der Waals surface area contributed by atoms with Crippen LogP contribution in [0.2, 0.25) is 0 Å². The van der Waals surface area contributed by atoms with Gasteiger partial charge in [0.15, 0.2) is 0 Å². The number of carbonyl (C=O) groups excluding carboxylic acids is 2. The Bertz CT molecular complexity index is 1140. The van der Waals surface area contributed by atoms with Crippen LogP contribution in [0.4, 0.5) is 5.69 Å². The molecule has 0 N–H and O–H groups in total. The van der Waals surface area contributed by atoms with E-state index in [-0.39, 0.29) is 28.7 Å². The molecule has 32 heavy (non-hydrogen) atoms. The summed E-state index contributed by atoms with van der Waals surface area (Å²) in [6.07, 6.45) is 0.660. The maximum Gasteiger partial charge on any atom is 0.264 e. The molecule has 2 aliphatic heterocycles. The molecule has 0 radical (unpaired) electrons. The van der Waals surface area contributed by atoms with Crippen LogP contribution in [0, 0.1) is 5.92 Å². The molecule has 7 nitrogen and oxygen atoms in total. The fourth-order valence-electron chi connectivity index (χ4n) is 4.48. The van der Waals surface area contributed by atoms with Gasteiger partial charge in [-0.1, -0.05) is 38.1 Å². The fraction of sp³-hybridized carbons (Fsp3) is 0.417. The summed E-state index contributed by atoms with van der Waals surface area (Å²) in [5.74, 6) is -0.198. The largest absolute Gasteiger partial charge is 0.339 e. The maximum absolute atomic E-state index is 13.5. The zero-order valence-corrected chi connectivity index (χ0v) is 19.5. The predicted molar refractivity (Wildman–Crippen MR) is 123 cm³/mol. The van der Waals surface area contributed by atoms with Crippen LogP contribution in [0.3, 0.4) is 0 Å². The minimum absolute atomic E-state index is 0.0720. The predicted octanol–water partition coefficient (Wildman–Crippen LogP) is 2.77. The molecule has 4 rings (SSSR count). The molecule has 8 heteroatoms. The molecule has 0 aromatic heterocycles. The van der Waals surface area contributed by atoms with Gasteiger partial charge in [-0.2, -0.15) is 0 Å². The number of piperazine rings is 1. The lowest BCUT2D eigenvalue weighted by Gasteiger charge is -2.35. The maximum atomic E-state index is 13.5. The number of benzene rings is 2. The molecular weight excluding hydrogens is 426 g/mol. The standard InChI is InChI=1S/C24H29N3O4S/c1-17(2)23(28)25-11-13-26(14-12-25)24(29)20-8-6-9-21(16-20)32(30,31)27-18(3)15-19-7-4-5-10-22(19)27/h4-10,16-18H,11-15H2,1-3H3. The van der Waals surface area contributed by atoms with Crippen LogP contribution < -0.4 is 4.31 Å². The molecular formula is C24H29N3O4S. The van der Waals surface area contributed by atoms with E-state index < -0.39 is 10.0 Å². The zero-order valence-electron chi connectivity index (χ0n) is 18.7. The Balaban J connectivity index is 1.54. The van der Waals surface area contributed by atoms with Gasteiger partial charge < -0.3 is 9.80 Å². The summed E-state index contributed by atoms with van der Waals surface area (Å²) in [5.41, 5.74) is 2.04. The number of amides is 2. The van der Waals surface area contributed by atoms with Gasteiger partial charge in [-0.25, -0.2) is 8.42 Å². The van der Waals surface area contributed by atoms with Crippen LogP contribution in [0.25, 0.3) is 0 Å². The summed E-state index contributed by atoms with van der Waals surface area (Å²) >= 11 is 0. The number of rotatable bonds is 4. The highest BCUT2D eigenvalue weighted by Crippen LogP contribution is 2.36. The van der Waals surface area contributed by atoms with Gasteiger partial charge >= 0.3 is 0 Å². The number of hydrogen-bond donors (Lipinski definition) is 0. The Morgan fingerprint density at radius 2 is 1.59 bits per heavy atom. The van der Waals surface area contributed by atoms with Crippen LogP contribution in [0.15, 0.2) is 53.4 Å². The molecule has 2 aromatic rings. The lowest BCUT2D eigenvalue weighted by Crippen LogP contribution is -2.51. The van der Waals surface area contributed by atoms with Crippen LogP contribution in [0.5, 0.6) is 0 Å². The first-order chi connectivity index (χ1) is 15.2. The second-order valence-electron chi connectivity index (χ2n) is 8.78. The van der Waals surface area contributed by atoms with Gasteiger partial charge in [0, 0.05) is 43.7 Å². The smallest absolute Gasteiger partial charge is 0.264 e. The third-order valence-electron chi connectivity index (χ3n) is 6.15. The van der Waals surface area contributed by atoms with Crippen LogP contribution >= 0.6 is 0 Å². The number of fused-ring (bicyclic) bond motifs is 1. The van der Waals surface area contributed by atoms with Crippen molar-refractivity contribution in [2.75, 3.05) is 30.5 Å². The number of para-hydroxylation sites is 1. The van der Waals surface area contributed by atoms with E-state index in [1.54, 1.807) is 28.0 Å². The molecule has 1 fully saturated rings. The molecule has 2 amide bonds. The Hall–Kier alpha value is -2.87. The van der Waals surface area contributed by atoms with E-state index in [1.807, 2.05) is 45.0 Å². The number of nitrogens with zero attached hydrogens (tertiary/aromatic N) is 3. The summed E-state index contributed by atoms with van der Waals surface area (Å²) in [4.78, 5) is 28.9. The first-order valence-corrected chi connectivity index (χ1v) is 12.4. The minimum atomic E-state index is -3.81. The topological polar surface area (TPSA) is 78.0 Å². The van der Waals surface area contributed by atoms with E-state index in [4.69, 9.17) is 0 Å². The second kappa shape index (κ2) is 8.58. The molecule has 0 spiro atoms. The fourth-order valence-corrected chi connectivity index (χ4v) is 6.22. The third kappa shape index (κ3) is 3.99. The lowest BCUT2D eigenvalue weighted by atomic mass is 10.1. The van der Waals surface area contributed by atoms with Crippen molar-refractivity contribution in [3.05, 3.63) is 59.7 Å². The summed E-state index contributed by atoms with van der Waals surface area (Å²) in [5, 5.41) is 0. The second-order valence-corrected chi connectivity index (χ2v) is 10.6. The van der Waals surface area contributed by atoms with Gasteiger partial charge in [-0.3, -0.25) is 13.9 Å². The minimum Gasteiger partial charge on any atom is -0.339 e.